The van der Waals surface area contributed by atoms with Gasteiger partial charge in [0.1, 0.15) is 11.8 Å². The maximum absolute atomic E-state index is 10.5. The van der Waals surface area contributed by atoms with E-state index in [1.54, 1.807) is 13.0 Å². The molecule has 0 aromatic heterocycles. The number of phenols is 1. The van der Waals surface area contributed by atoms with Crippen LogP contribution in [0.5, 0.6) is 5.75 Å². The summed E-state index contributed by atoms with van der Waals surface area (Å²) < 4.78 is 0. The molecular weight excluding hydrogens is 170 g/mol. The maximum atomic E-state index is 10.5. The second-order valence-electron chi connectivity index (χ2n) is 2.86. The largest absolute Gasteiger partial charge is 0.508 e. The van der Waals surface area contributed by atoms with Gasteiger partial charge in [-0.15, -0.1) is 0 Å². The minimum Gasteiger partial charge on any atom is -0.508 e. The first-order chi connectivity index (χ1) is 6.02. The molecule has 4 N–H and O–H groups in total. The van der Waals surface area contributed by atoms with Crippen molar-refractivity contribution in [1.82, 2.24) is 0 Å². The van der Waals surface area contributed by atoms with Gasteiger partial charge >= 0.3 is 5.97 Å². The van der Waals surface area contributed by atoms with E-state index in [0.29, 0.717) is 11.1 Å². The van der Waals surface area contributed by atoms with Gasteiger partial charge in [0, 0.05) is 0 Å². The summed E-state index contributed by atoms with van der Waals surface area (Å²) in [6.45, 7) is 1.69. The zero-order chi connectivity index (χ0) is 10.0. The highest BCUT2D eigenvalue weighted by molar-refractivity contribution is 5.75. The number of rotatable bonds is 2. The van der Waals surface area contributed by atoms with Crippen LogP contribution >= 0.6 is 0 Å². The van der Waals surface area contributed by atoms with Crippen molar-refractivity contribution >= 4 is 5.97 Å². The van der Waals surface area contributed by atoms with E-state index in [9.17, 15) is 9.90 Å². The van der Waals surface area contributed by atoms with Gasteiger partial charge in [-0.05, 0) is 24.1 Å². The van der Waals surface area contributed by atoms with Gasteiger partial charge in [0.15, 0.2) is 0 Å². The van der Waals surface area contributed by atoms with E-state index in [1.807, 2.05) is 0 Å². The van der Waals surface area contributed by atoms with Crippen molar-refractivity contribution in [2.75, 3.05) is 0 Å². The summed E-state index contributed by atoms with van der Waals surface area (Å²) in [6.07, 6.45) is 0. The molecule has 1 rings (SSSR count). The van der Waals surface area contributed by atoms with Crippen LogP contribution in [-0.4, -0.2) is 16.2 Å². The van der Waals surface area contributed by atoms with Crippen LogP contribution in [0.2, 0.25) is 0 Å². The van der Waals surface area contributed by atoms with Crippen molar-refractivity contribution in [3.8, 4) is 5.75 Å². The third-order valence-corrected chi connectivity index (χ3v) is 1.85. The Labute approximate surface area is 75.6 Å². The Balaban J connectivity index is 3.03. The lowest BCUT2D eigenvalue weighted by atomic mass is 10.0. The average molecular weight is 181 g/mol. The molecule has 0 bridgehead atoms. The Morgan fingerprint density at radius 3 is 2.62 bits per heavy atom. The molecule has 1 atom stereocenters. The van der Waals surface area contributed by atoms with Crippen LogP contribution in [0.3, 0.4) is 0 Å². The molecule has 0 radical (unpaired) electrons. The van der Waals surface area contributed by atoms with E-state index in [-0.39, 0.29) is 5.75 Å². The molecule has 13 heavy (non-hydrogen) atoms. The summed E-state index contributed by atoms with van der Waals surface area (Å²) in [5.41, 5.74) is 6.48. The highest BCUT2D eigenvalue weighted by Gasteiger charge is 2.14. The molecule has 0 aliphatic rings. The highest BCUT2D eigenvalue weighted by Crippen LogP contribution is 2.20. The number of aromatic hydroxyl groups is 1. The number of aliphatic carboxylic acids is 1. The van der Waals surface area contributed by atoms with Gasteiger partial charge in [0.2, 0.25) is 0 Å². The van der Waals surface area contributed by atoms with Crippen LogP contribution in [0.4, 0.5) is 0 Å². The Morgan fingerprint density at radius 2 is 2.15 bits per heavy atom. The standard InChI is InChI=1S/C9H11NO3/c1-5-4-6(2-3-7(5)11)8(10)9(12)13/h2-4,8,11H,10H2,1H3,(H,12,13)/t8-/m1/s1. The molecule has 70 valence electrons. The molecule has 1 aromatic rings. The van der Waals surface area contributed by atoms with E-state index in [1.165, 1.54) is 12.1 Å². The Morgan fingerprint density at radius 1 is 1.54 bits per heavy atom. The van der Waals surface area contributed by atoms with Crippen LogP contribution in [0, 0.1) is 6.92 Å². The fourth-order valence-electron chi connectivity index (χ4n) is 1.01. The monoisotopic (exact) mass is 181 g/mol. The van der Waals surface area contributed by atoms with Crippen molar-refractivity contribution in [2.24, 2.45) is 5.73 Å². The van der Waals surface area contributed by atoms with Crippen LogP contribution in [0.25, 0.3) is 0 Å². The van der Waals surface area contributed by atoms with E-state index >= 15 is 0 Å². The van der Waals surface area contributed by atoms with E-state index < -0.39 is 12.0 Å². The van der Waals surface area contributed by atoms with E-state index in [4.69, 9.17) is 10.8 Å². The molecule has 4 nitrogen and oxygen atoms in total. The van der Waals surface area contributed by atoms with Crippen LogP contribution in [0.1, 0.15) is 17.2 Å². The quantitative estimate of drug-likeness (QED) is 0.629. The highest BCUT2D eigenvalue weighted by atomic mass is 16.4. The topological polar surface area (TPSA) is 83.6 Å². The number of hydrogen-bond donors (Lipinski definition) is 3. The zero-order valence-corrected chi connectivity index (χ0v) is 7.19. The number of carbonyl (C=O) groups is 1. The van der Waals surface area contributed by atoms with Crippen LogP contribution in [0.15, 0.2) is 18.2 Å². The fourth-order valence-corrected chi connectivity index (χ4v) is 1.01. The minimum absolute atomic E-state index is 0.140. The minimum atomic E-state index is -1.08. The van der Waals surface area contributed by atoms with Gasteiger partial charge in [-0.25, -0.2) is 0 Å². The van der Waals surface area contributed by atoms with Crippen molar-refractivity contribution in [2.45, 2.75) is 13.0 Å². The normalized spacial score (nSPS) is 12.5. The third-order valence-electron chi connectivity index (χ3n) is 1.85. The molecule has 0 spiro atoms. The molecule has 0 amide bonds. The summed E-state index contributed by atoms with van der Waals surface area (Å²) in [6, 6.07) is 3.47. The Hall–Kier alpha value is -1.55. The molecule has 1 aromatic carbocycles. The average Bonchev–Trinajstić information content (AvgIpc) is 2.08. The van der Waals surface area contributed by atoms with Crippen LogP contribution in [-0.2, 0) is 4.79 Å². The number of nitrogens with two attached hydrogens (primary N) is 1. The van der Waals surface area contributed by atoms with Crippen molar-refractivity contribution in [3.63, 3.8) is 0 Å². The van der Waals surface area contributed by atoms with Crippen molar-refractivity contribution in [1.29, 1.82) is 0 Å². The number of phenolic OH excluding ortho intramolecular Hbond substituents is 1. The first kappa shape index (κ1) is 9.54. The Kier molecular flexibility index (Phi) is 2.53. The molecule has 0 saturated carbocycles. The number of benzene rings is 1. The second-order valence-corrected chi connectivity index (χ2v) is 2.86. The van der Waals surface area contributed by atoms with Gasteiger partial charge in [-0.2, -0.15) is 0 Å². The molecule has 0 heterocycles. The second kappa shape index (κ2) is 3.45. The Bertz CT molecular complexity index is 336. The van der Waals surface area contributed by atoms with Crippen LogP contribution < -0.4 is 5.73 Å². The fraction of sp³-hybridized carbons (Fsp3) is 0.222. The molecule has 0 saturated heterocycles. The number of carboxylic acids is 1. The zero-order valence-electron chi connectivity index (χ0n) is 7.19. The maximum Gasteiger partial charge on any atom is 0.325 e. The molecule has 0 aliphatic carbocycles. The summed E-state index contributed by atoms with van der Waals surface area (Å²) in [5, 5.41) is 17.8. The molecular formula is C9H11NO3. The lowest BCUT2D eigenvalue weighted by Gasteiger charge is -2.07. The molecule has 0 unspecified atom stereocenters. The predicted octanol–water partition coefficient (Wildman–Crippen LogP) is 0.785. The third kappa shape index (κ3) is 1.97. The summed E-state index contributed by atoms with van der Waals surface area (Å²) in [5.74, 6) is -0.938. The summed E-state index contributed by atoms with van der Waals surface area (Å²) in [4.78, 5) is 10.5. The summed E-state index contributed by atoms with van der Waals surface area (Å²) in [7, 11) is 0. The van der Waals surface area contributed by atoms with Gasteiger partial charge in [-0.1, -0.05) is 12.1 Å². The molecule has 0 aliphatic heterocycles. The number of hydrogen-bond acceptors (Lipinski definition) is 3. The lowest BCUT2D eigenvalue weighted by Crippen LogP contribution is -2.20. The van der Waals surface area contributed by atoms with E-state index in [0.717, 1.165) is 0 Å². The van der Waals surface area contributed by atoms with Gasteiger partial charge in [0.05, 0.1) is 0 Å². The first-order valence-corrected chi connectivity index (χ1v) is 3.80. The van der Waals surface area contributed by atoms with Gasteiger partial charge in [-0.3, -0.25) is 4.79 Å². The number of aryl methyl sites for hydroxylation is 1. The molecule has 4 heteroatoms. The van der Waals surface area contributed by atoms with Gasteiger partial charge in [0.25, 0.3) is 0 Å². The van der Waals surface area contributed by atoms with Gasteiger partial charge < -0.3 is 15.9 Å². The van der Waals surface area contributed by atoms with E-state index in [2.05, 4.69) is 0 Å². The SMILES string of the molecule is Cc1cc([C@@H](N)C(=O)O)ccc1O. The predicted molar refractivity (Wildman–Crippen MR) is 47.4 cm³/mol. The van der Waals surface area contributed by atoms with Crippen molar-refractivity contribution < 1.29 is 15.0 Å². The number of carboxylic acid groups (broad SMARTS) is 1. The lowest BCUT2D eigenvalue weighted by molar-refractivity contribution is -0.138. The molecule has 0 fully saturated rings. The first-order valence-electron chi connectivity index (χ1n) is 3.80. The summed E-state index contributed by atoms with van der Waals surface area (Å²) >= 11 is 0. The van der Waals surface area contributed by atoms with Crippen molar-refractivity contribution in [3.05, 3.63) is 29.3 Å². The smallest absolute Gasteiger partial charge is 0.325 e.